The van der Waals surface area contributed by atoms with Crippen LogP contribution >= 0.6 is 34.8 Å². The molecule has 0 bridgehead atoms. The predicted molar refractivity (Wildman–Crippen MR) is 160 cm³/mol. The number of hydrogen-bond donors (Lipinski definition) is 1. The lowest BCUT2D eigenvalue weighted by atomic mass is 9.65. The first-order chi connectivity index (χ1) is 19.6. The van der Waals surface area contributed by atoms with Crippen molar-refractivity contribution in [1.82, 2.24) is 5.16 Å². The second kappa shape index (κ2) is 12.1. The Morgan fingerprint density at radius 2 is 1.88 bits per heavy atom. The third-order valence-corrected chi connectivity index (χ3v) is 8.59. The average molecular weight is 615 g/mol. The molecule has 0 unspecified atom stereocenters. The maximum absolute atomic E-state index is 11.5. The second-order valence-corrected chi connectivity index (χ2v) is 11.8. The normalized spacial score (nSPS) is 20.6. The highest BCUT2D eigenvalue weighted by Crippen LogP contribution is 2.51. The molecule has 0 spiro atoms. The summed E-state index contributed by atoms with van der Waals surface area (Å²) in [4.78, 5) is 11.5. The monoisotopic (exact) mass is 613 g/mol. The number of rotatable bonds is 10. The van der Waals surface area contributed by atoms with Gasteiger partial charge in [-0.05, 0) is 62.8 Å². The van der Waals surface area contributed by atoms with Crippen LogP contribution < -0.4 is 4.74 Å². The van der Waals surface area contributed by atoms with Crippen molar-refractivity contribution in [1.29, 1.82) is 0 Å². The molecule has 6 nitrogen and oxygen atoms in total. The summed E-state index contributed by atoms with van der Waals surface area (Å²) in [7, 11) is 1.34. The van der Waals surface area contributed by atoms with E-state index in [9.17, 15) is 9.90 Å². The van der Waals surface area contributed by atoms with Crippen LogP contribution in [-0.2, 0) is 21.7 Å². The van der Waals surface area contributed by atoms with Crippen LogP contribution in [0.4, 0.5) is 0 Å². The zero-order chi connectivity index (χ0) is 29.3. The molecule has 0 atom stereocenters. The van der Waals surface area contributed by atoms with E-state index in [1.165, 1.54) is 7.11 Å². The number of methoxy groups -OCH3 is 1. The Labute approximate surface area is 254 Å². The fourth-order valence-electron chi connectivity index (χ4n) is 5.09. The third-order valence-electron chi connectivity index (χ3n) is 7.65. The summed E-state index contributed by atoms with van der Waals surface area (Å²) in [6.07, 6.45) is 8.33. The fraction of sp³-hybridized carbons (Fsp3) is 0.312. The Bertz CT molecular complexity index is 1530. The van der Waals surface area contributed by atoms with E-state index < -0.39 is 5.60 Å². The zero-order valence-corrected chi connectivity index (χ0v) is 25.0. The molecule has 2 aliphatic carbocycles. The third kappa shape index (κ3) is 6.26. The van der Waals surface area contributed by atoms with Gasteiger partial charge in [-0.3, -0.25) is 0 Å². The maximum atomic E-state index is 11.5. The number of aromatic nitrogens is 1. The highest BCUT2D eigenvalue weighted by atomic mass is 35.5. The van der Waals surface area contributed by atoms with Gasteiger partial charge in [0, 0.05) is 22.6 Å². The first kappa shape index (κ1) is 29.5. The SMILES string of the molecule is C=C(/C=C\C=C(/C)C(=O)OC)[C@H]1C[C@](O)(c2ccc(OCc3c(-c4c(Cl)cccc4Cl)noc3C3CC3)cc2Cl)C1. The minimum absolute atomic E-state index is 0.0968. The summed E-state index contributed by atoms with van der Waals surface area (Å²) in [5.74, 6) is 1.37. The minimum Gasteiger partial charge on any atom is -0.489 e. The molecule has 1 N–H and O–H groups in total. The van der Waals surface area contributed by atoms with Gasteiger partial charge in [-0.25, -0.2) is 4.79 Å². The summed E-state index contributed by atoms with van der Waals surface area (Å²) in [6, 6.07) is 10.6. The van der Waals surface area contributed by atoms with Gasteiger partial charge >= 0.3 is 5.97 Å². The van der Waals surface area contributed by atoms with E-state index in [4.69, 9.17) is 48.8 Å². The van der Waals surface area contributed by atoms with E-state index in [1.807, 2.05) is 6.08 Å². The topological polar surface area (TPSA) is 81.8 Å². The molecule has 0 aliphatic heterocycles. The second-order valence-electron chi connectivity index (χ2n) is 10.6. The lowest BCUT2D eigenvalue weighted by Gasteiger charge is -2.45. The van der Waals surface area contributed by atoms with Crippen molar-refractivity contribution in [3.8, 4) is 17.0 Å². The molecule has 0 saturated heterocycles. The van der Waals surface area contributed by atoms with Gasteiger partial charge in [0.15, 0.2) is 0 Å². The molecule has 2 aliphatic rings. The Morgan fingerprint density at radius 1 is 1.17 bits per heavy atom. The Balaban J connectivity index is 1.26. The van der Waals surface area contributed by atoms with Crippen molar-refractivity contribution in [3.05, 3.63) is 104 Å². The van der Waals surface area contributed by atoms with Crippen molar-refractivity contribution < 1.29 is 23.9 Å². The zero-order valence-electron chi connectivity index (χ0n) is 22.8. The molecular formula is C32H30Cl3NO5. The van der Waals surface area contributed by atoms with Gasteiger partial charge in [0.1, 0.15) is 23.8 Å². The Kier molecular flexibility index (Phi) is 8.67. The molecule has 214 valence electrons. The van der Waals surface area contributed by atoms with Crippen molar-refractivity contribution in [2.45, 2.75) is 50.7 Å². The van der Waals surface area contributed by atoms with Crippen LogP contribution in [0.5, 0.6) is 5.75 Å². The number of ether oxygens (including phenoxy) is 2. The van der Waals surface area contributed by atoms with Gasteiger partial charge in [0.2, 0.25) is 0 Å². The molecule has 0 amide bonds. The van der Waals surface area contributed by atoms with Gasteiger partial charge in [0.05, 0.1) is 33.3 Å². The van der Waals surface area contributed by atoms with Gasteiger partial charge in [0.25, 0.3) is 0 Å². The summed E-state index contributed by atoms with van der Waals surface area (Å²) >= 11 is 19.6. The maximum Gasteiger partial charge on any atom is 0.333 e. The van der Waals surface area contributed by atoms with Crippen LogP contribution in [0.2, 0.25) is 15.1 Å². The van der Waals surface area contributed by atoms with E-state index >= 15 is 0 Å². The number of benzene rings is 2. The summed E-state index contributed by atoms with van der Waals surface area (Å²) in [5, 5.41) is 17.0. The number of esters is 1. The fourth-order valence-corrected chi connectivity index (χ4v) is 6.01. The Hall–Kier alpha value is -3.03. The molecule has 2 saturated carbocycles. The highest BCUT2D eigenvalue weighted by molar-refractivity contribution is 6.39. The van der Waals surface area contributed by atoms with Crippen LogP contribution in [-0.4, -0.2) is 23.3 Å². The molecule has 9 heteroatoms. The first-order valence-electron chi connectivity index (χ1n) is 13.3. The predicted octanol–water partition coefficient (Wildman–Crippen LogP) is 8.59. The molecule has 41 heavy (non-hydrogen) atoms. The van der Waals surface area contributed by atoms with Crippen molar-refractivity contribution in [3.63, 3.8) is 0 Å². The van der Waals surface area contributed by atoms with Crippen LogP contribution in [0.25, 0.3) is 11.3 Å². The van der Waals surface area contributed by atoms with E-state index in [0.29, 0.717) is 62.0 Å². The lowest BCUT2D eigenvalue weighted by molar-refractivity contribution is -0.136. The molecule has 2 aromatic carbocycles. The molecule has 3 aromatic rings. The summed E-state index contributed by atoms with van der Waals surface area (Å²) < 4.78 is 16.6. The van der Waals surface area contributed by atoms with E-state index in [2.05, 4.69) is 11.7 Å². The molecule has 1 heterocycles. The lowest BCUT2D eigenvalue weighted by Crippen LogP contribution is -2.41. The molecule has 0 radical (unpaired) electrons. The number of nitrogens with zero attached hydrogens (tertiary/aromatic N) is 1. The van der Waals surface area contributed by atoms with Crippen molar-refractivity contribution in [2.75, 3.05) is 7.11 Å². The average Bonchev–Trinajstić information content (AvgIpc) is 3.69. The van der Waals surface area contributed by atoms with Crippen LogP contribution in [0.3, 0.4) is 0 Å². The van der Waals surface area contributed by atoms with Gasteiger partial charge in [-0.15, -0.1) is 0 Å². The van der Waals surface area contributed by atoms with Gasteiger partial charge < -0.3 is 19.1 Å². The van der Waals surface area contributed by atoms with Crippen molar-refractivity contribution in [2.24, 2.45) is 5.92 Å². The number of allylic oxidation sites excluding steroid dienone is 4. The molecule has 2 fully saturated rings. The first-order valence-corrected chi connectivity index (χ1v) is 14.4. The highest BCUT2D eigenvalue weighted by Gasteiger charge is 2.45. The van der Waals surface area contributed by atoms with Gasteiger partial charge in [-0.1, -0.05) is 82.5 Å². The summed E-state index contributed by atoms with van der Waals surface area (Å²) in [6.45, 7) is 6.00. The largest absolute Gasteiger partial charge is 0.489 e. The van der Waals surface area contributed by atoms with Gasteiger partial charge in [-0.2, -0.15) is 0 Å². The molecule has 5 rings (SSSR count). The number of aliphatic hydroxyl groups is 1. The van der Waals surface area contributed by atoms with Crippen LogP contribution in [0.15, 0.2) is 76.9 Å². The minimum atomic E-state index is -1.06. The standard InChI is InChI=1S/C32H30Cl3NO5/c1-18(6-4-7-19(2)31(37)39-3)21-15-32(38,16-21)24-13-12-22(14-27(24)35)40-17-23-29(36-41-30(23)20-10-11-20)28-25(33)8-5-9-26(28)34/h4-9,12-14,20-21,38H,1,10-11,15-17H2,2-3H3/b6-4-,19-7+/t21-,32+. The van der Waals surface area contributed by atoms with Crippen LogP contribution in [0.1, 0.15) is 55.4 Å². The number of carbonyl (C=O) groups excluding carboxylic acids is 1. The number of hydrogen-bond acceptors (Lipinski definition) is 6. The summed E-state index contributed by atoms with van der Waals surface area (Å²) in [5.41, 5.74) is 2.95. The van der Waals surface area contributed by atoms with Crippen LogP contribution in [0, 0.1) is 5.92 Å². The van der Waals surface area contributed by atoms with Crippen molar-refractivity contribution >= 4 is 40.8 Å². The number of carbonyl (C=O) groups is 1. The van der Waals surface area contributed by atoms with E-state index in [0.717, 1.165) is 29.7 Å². The molecule has 1 aromatic heterocycles. The smallest absolute Gasteiger partial charge is 0.333 e. The molecular weight excluding hydrogens is 585 g/mol. The van der Waals surface area contributed by atoms with E-state index in [1.54, 1.807) is 55.5 Å². The number of halogens is 3. The quantitative estimate of drug-likeness (QED) is 0.140. The Morgan fingerprint density at radius 3 is 2.51 bits per heavy atom. The van der Waals surface area contributed by atoms with E-state index in [-0.39, 0.29) is 18.5 Å².